The first-order chi connectivity index (χ1) is 11.0. The van der Waals surface area contributed by atoms with E-state index in [0.29, 0.717) is 12.8 Å². The van der Waals surface area contributed by atoms with Crippen molar-refractivity contribution in [2.75, 3.05) is 5.32 Å². The maximum absolute atomic E-state index is 12.6. The number of amides is 1. The number of carbonyl (C=O) groups excluding carboxylic acids is 2. The zero-order valence-electron chi connectivity index (χ0n) is 14.0. The highest BCUT2D eigenvalue weighted by atomic mass is 16.5. The summed E-state index contributed by atoms with van der Waals surface area (Å²) < 4.78 is 5.43. The van der Waals surface area contributed by atoms with Gasteiger partial charge in [-0.05, 0) is 45.2 Å². The number of aryl methyl sites for hydroxylation is 1. The van der Waals surface area contributed by atoms with Gasteiger partial charge in [-0.15, -0.1) is 0 Å². The first kappa shape index (κ1) is 17.3. The monoisotopic (exact) mass is 315 g/mol. The van der Waals surface area contributed by atoms with Crippen LogP contribution in [0, 0.1) is 18.8 Å². The fraction of sp³-hybridized carbons (Fsp3) is 0.474. The van der Waals surface area contributed by atoms with Gasteiger partial charge in [0.1, 0.15) is 0 Å². The Labute approximate surface area is 137 Å². The van der Waals surface area contributed by atoms with Crippen LogP contribution in [0.15, 0.2) is 36.4 Å². The molecule has 1 aromatic rings. The van der Waals surface area contributed by atoms with Crippen LogP contribution in [0.1, 0.15) is 38.7 Å². The molecule has 1 aliphatic rings. The Kier molecular flexibility index (Phi) is 5.97. The van der Waals surface area contributed by atoms with Gasteiger partial charge >= 0.3 is 5.97 Å². The van der Waals surface area contributed by atoms with Gasteiger partial charge in [0.2, 0.25) is 5.91 Å². The van der Waals surface area contributed by atoms with Crippen LogP contribution in [0.4, 0.5) is 5.69 Å². The van der Waals surface area contributed by atoms with E-state index in [1.54, 1.807) is 0 Å². The van der Waals surface area contributed by atoms with Crippen molar-refractivity contribution in [3.63, 3.8) is 0 Å². The number of allylic oxidation sites excluding steroid dienone is 2. The van der Waals surface area contributed by atoms with Crippen LogP contribution in [0.25, 0.3) is 0 Å². The predicted octanol–water partition coefficient (Wildman–Crippen LogP) is 3.86. The van der Waals surface area contributed by atoms with E-state index < -0.39 is 5.92 Å². The lowest BCUT2D eigenvalue weighted by atomic mass is 9.82. The predicted molar refractivity (Wildman–Crippen MR) is 91.0 cm³/mol. The molecule has 1 N–H and O–H groups in total. The van der Waals surface area contributed by atoms with Crippen molar-refractivity contribution in [1.82, 2.24) is 0 Å². The van der Waals surface area contributed by atoms with Crippen molar-refractivity contribution in [2.24, 2.45) is 11.8 Å². The molecule has 0 unspecified atom stereocenters. The molecule has 3 atom stereocenters. The van der Waals surface area contributed by atoms with E-state index in [9.17, 15) is 9.59 Å². The molecule has 1 aromatic carbocycles. The average molecular weight is 315 g/mol. The zero-order chi connectivity index (χ0) is 16.8. The van der Waals surface area contributed by atoms with E-state index >= 15 is 0 Å². The highest BCUT2D eigenvalue weighted by Crippen LogP contribution is 2.28. The molecule has 124 valence electrons. The summed E-state index contributed by atoms with van der Waals surface area (Å²) in [6, 6.07) is 7.65. The Balaban J connectivity index is 2.05. The summed E-state index contributed by atoms with van der Waals surface area (Å²) in [7, 11) is 0. The smallest absolute Gasteiger partial charge is 0.310 e. The minimum atomic E-state index is -0.403. The van der Waals surface area contributed by atoms with Crippen LogP contribution in [-0.4, -0.2) is 18.0 Å². The summed E-state index contributed by atoms with van der Waals surface area (Å²) in [5.74, 6) is -1.17. The third kappa shape index (κ3) is 4.68. The van der Waals surface area contributed by atoms with Crippen LogP contribution in [0.5, 0.6) is 0 Å². The van der Waals surface area contributed by atoms with Gasteiger partial charge < -0.3 is 10.1 Å². The van der Waals surface area contributed by atoms with Gasteiger partial charge in [0, 0.05) is 5.69 Å². The number of anilines is 1. The van der Waals surface area contributed by atoms with Gasteiger partial charge in [-0.1, -0.05) is 36.8 Å². The summed E-state index contributed by atoms with van der Waals surface area (Å²) in [5, 5.41) is 2.91. The molecule has 1 aliphatic carbocycles. The van der Waals surface area contributed by atoms with E-state index in [0.717, 1.165) is 17.7 Å². The van der Waals surface area contributed by atoms with Gasteiger partial charge in [-0.25, -0.2) is 0 Å². The number of hydrogen-bond donors (Lipinski definition) is 1. The Bertz CT molecular complexity index is 577. The van der Waals surface area contributed by atoms with Crippen LogP contribution >= 0.6 is 0 Å². The zero-order valence-corrected chi connectivity index (χ0v) is 14.0. The highest BCUT2D eigenvalue weighted by molar-refractivity contribution is 5.95. The van der Waals surface area contributed by atoms with Crippen molar-refractivity contribution in [3.8, 4) is 0 Å². The summed E-state index contributed by atoms with van der Waals surface area (Å²) in [6.07, 6.45) is 5.70. The second-order valence-electron chi connectivity index (χ2n) is 6.17. The van der Waals surface area contributed by atoms with Gasteiger partial charge in [-0.3, -0.25) is 9.59 Å². The fourth-order valence-corrected chi connectivity index (χ4v) is 2.61. The van der Waals surface area contributed by atoms with Crippen LogP contribution < -0.4 is 5.32 Å². The van der Waals surface area contributed by atoms with Crippen molar-refractivity contribution in [1.29, 1.82) is 0 Å². The lowest BCUT2D eigenvalue weighted by molar-refractivity contribution is -0.157. The van der Waals surface area contributed by atoms with Crippen LogP contribution in [-0.2, 0) is 14.3 Å². The standard InChI is InChI=1S/C19H25NO3/c1-4-14(3)23-19(22)17-8-6-5-7-16(17)18(21)20-15-11-9-13(2)10-12-15/h5-6,9-12,14,16-17H,4,7-8H2,1-3H3,(H,20,21)/t14-,16+,17-/m0/s1. The molecule has 4 nitrogen and oxygen atoms in total. The molecule has 0 heterocycles. The van der Waals surface area contributed by atoms with Crippen LogP contribution in [0.3, 0.4) is 0 Å². The molecule has 23 heavy (non-hydrogen) atoms. The van der Waals surface area contributed by atoms with E-state index in [2.05, 4.69) is 5.32 Å². The number of hydrogen-bond acceptors (Lipinski definition) is 3. The first-order valence-electron chi connectivity index (χ1n) is 8.24. The molecule has 0 spiro atoms. The second kappa shape index (κ2) is 7.95. The first-order valence-corrected chi connectivity index (χ1v) is 8.24. The molecular formula is C19H25NO3. The third-order valence-electron chi connectivity index (χ3n) is 4.28. The molecule has 0 saturated heterocycles. The van der Waals surface area contributed by atoms with Crippen molar-refractivity contribution >= 4 is 17.6 Å². The summed E-state index contributed by atoms with van der Waals surface area (Å²) >= 11 is 0. The van der Waals surface area contributed by atoms with Crippen LogP contribution in [0.2, 0.25) is 0 Å². The Morgan fingerprint density at radius 1 is 1.17 bits per heavy atom. The summed E-state index contributed by atoms with van der Waals surface area (Å²) in [4.78, 5) is 24.9. The fourth-order valence-electron chi connectivity index (χ4n) is 2.61. The minimum Gasteiger partial charge on any atom is -0.462 e. The van der Waals surface area contributed by atoms with Gasteiger partial charge in [-0.2, -0.15) is 0 Å². The number of nitrogens with one attached hydrogen (secondary N) is 1. The molecule has 0 saturated carbocycles. The second-order valence-corrected chi connectivity index (χ2v) is 6.17. The van der Waals surface area contributed by atoms with Crippen molar-refractivity contribution in [3.05, 3.63) is 42.0 Å². The quantitative estimate of drug-likeness (QED) is 0.663. The topological polar surface area (TPSA) is 55.4 Å². The van der Waals surface area contributed by atoms with E-state index in [1.807, 2.05) is 57.2 Å². The maximum atomic E-state index is 12.6. The summed E-state index contributed by atoms with van der Waals surface area (Å²) in [5.41, 5.74) is 1.89. The molecule has 0 bridgehead atoms. The SMILES string of the molecule is CC[C@H](C)OC(=O)[C@H]1CC=CC[C@H]1C(=O)Nc1ccc(C)cc1. The third-order valence-corrected chi connectivity index (χ3v) is 4.28. The minimum absolute atomic E-state index is 0.116. The van der Waals surface area contributed by atoms with Gasteiger partial charge in [0.25, 0.3) is 0 Å². The van der Waals surface area contributed by atoms with Gasteiger partial charge in [0.15, 0.2) is 0 Å². The molecule has 0 aromatic heterocycles. The van der Waals surface area contributed by atoms with E-state index in [-0.39, 0.29) is 23.9 Å². The normalized spacial score (nSPS) is 21.5. The molecular weight excluding hydrogens is 290 g/mol. The number of carbonyl (C=O) groups is 2. The van der Waals surface area contributed by atoms with E-state index in [4.69, 9.17) is 4.74 Å². The molecule has 1 amide bonds. The highest BCUT2D eigenvalue weighted by Gasteiger charge is 2.35. The Morgan fingerprint density at radius 2 is 1.78 bits per heavy atom. The average Bonchev–Trinajstić information content (AvgIpc) is 2.56. The molecule has 0 aliphatic heterocycles. The summed E-state index contributed by atoms with van der Waals surface area (Å²) in [6.45, 7) is 5.84. The molecule has 0 fully saturated rings. The number of ether oxygens (including phenoxy) is 1. The maximum Gasteiger partial charge on any atom is 0.310 e. The van der Waals surface area contributed by atoms with E-state index in [1.165, 1.54) is 0 Å². The Hall–Kier alpha value is -2.10. The van der Waals surface area contributed by atoms with Gasteiger partial charge in [0.05, 0.1) is 17.9 Å². The van der Waals surface area contributed by atoms with Crippen molar-refractivity contribution < 1.29 is 14.3 Å². The lowest BCUT2D eigenvalue weighted by Gasteiger charge is -2.27. The number of benzene rings is 1. The molecule has 2 rings (SSSR count). The number of esters is 1. The van der Waals surface area contributed by atoms with Crippen molar-refractivity contribution in [2.45, 2.75) is 46.1 Å². The Morgan fingerprint density at radius 3 is 2.39 bits per heavy atom. The number of rotatable bonds is 5. The largest absolute Gasteiger partial charge is 0.462 e. The molecule has 0 radical (unpaired) electrons. The molecule has 4 heteroatoms. The lowest BCUT2D eigenvalue weighted by Crippen LogP contribution is -2.36.